The van der Waals surface area contributed by atoms with Crippen molar-refractivity contribution in [1.82, 2.24) is 5.32 Å². The zero-order chi connectivity index (χ0) is 11.1. The lowest BCUT2D eigenvalue weighted by Gasteiger charge is -2.13. The number of carbonyl (C=O) groups is 2. The van der Waals surface area contributed by atoms with Gasteiger partial charge in [0.05, 0.1) is 0 Å². The molecule has 0 aromatic heterocycles. The van der Waals surface area contributed by atoms with Crippen LogP contribution in [0.3, 0.4) is 0 Å². The first-order chi connectivity index (χ1) is 6.47. The molecule has 0 heterocycles. The minimum absolute atomic E-state index is 0.138. The standard InChI is InChI=1S/C10H16N2O2/c1-4-5-8(10(11)14)12-9(13)6-7(2)3/h1,7-8H,5-6H2,2-3H3,(H2,11,14)(H,12,13)/t8-/m0/s1. The molecule has 3 N–H and O–H groups in total. The van der Waals surface area contributed by atoms with E-state index in [1.165, 1.54) is 0 Å². The monoisotopic (exact) mass is 196 g/mol. The van der Waals surface area contributed by atoms with Crippen molar-refractivity contribution >= 4 is 11.8 Å². The summed E-state index contributed by atoms with van der Waals surface area (Å²) < 4.78 is 0. The summed E-state index contributed by atoms with van der Waals surface area (Å²) in [6.45, 7) is 3.83. The van der Waals surface area contributed by atoms with Crippen molar-refractivity contribution in [3.8, 4) is 12.3 Å². The highest BCUT2D eigenvalue weighted by Crippen LogP contribution is 1.99. The van der Waals surface area contributed by atoms with Crippen molar-refractivity contribution in [2.75, 3.05) is 0 Å². The largest absolute Gasteiger partial charge is 0.368 e. The zero-order valence-corrected chi connectivity index (χ0v) is 8.54. The van der Waals surface area contributed by atoms with E-state index in [1.54, 1.807) is 0 Å². The minimum atomic E-state index is -0.744. The summed E-state index contributed by atoms with van der Waals surface area (Å²) >= 11 is 0. The second-order valence-corrected chi connectivity index (χ2v) is 3.53. The number of carbonyl (C=O) groups excluding carboxylic acids is 2. The van der Waals surface area contributed by atoms with E-state index in [4.69, 9.17) is 12.2 Å². The van der Waals surface area contributed by atoms with E-state index in [-0.39, 0.29) is 18.2 Å². The Balaban J connectivity index is 4.11. The van der Waals surface area contributed by atoms with Crippen molar-refractivity contribution in [1.29, 1.82) is 0 Å². The summed E-state index contributed by atoms with van der Waals surface area (Å²) in [5.41, 5.74) is 5.05. The molecule has 78 valence electrons. The number of hydrogen-bond donors (Lipinski definition) is 2. The lowest BCUT2D eigenvalue weighted by molar-refractivity contribution is -0.127. The Morgan fingerprint density at radius 2 is 2.07 bits per heavy atom. The molecule has 4 heteroatoms. The zero-order valence-electron chi connectivity index (χ0n) is 8.54. The molecule has 0 fully saturated rings. The van der Waals surface area contributed by atoms with Gasteiger partial charge >= 0.3 is 0 Å². The number of amides is 2. The van der Waals surface area contributed by atoms with Gasteiger partial charge in [-0.3, -0.25) is 9.59 Å². The fourth-order valence-electron chi connectivity index (χ4n) is 0.965. The van der Waals surface area contributed by atoms with Gasteiger partial charge in [-0.15, -0.1) is 12.3 Å². The third-order valence-electron chi connectivity index (χ3n) is 1.59. The number of nitrogens with one attached hydrogen (secondary N) is 1. The smallest absolute Gasteiger partial charge is 0.240 e. The second-order valence-electron chi connectivity index (χ2n) is 3.53. The maximum Gasteiger partial charge on any atom is 0.240 e. The summed E-state index contributed by atoms with van der Waals surface area (Å²) in [5.74, 6) is 1.74. The molecule has 0 aliphatic carbocycles. The van der Waals surface area contributed by atoms with Crippen molar-refractivity contribution in [2.45, 2.75) is 32.7 Å². The van der Waals surface area contributed by atoms with Crippen LogP contribution < -0.4 is 11.1 Å². The maximum absolute atomic E-state index is 11.3. The highest BCUT2D eigenvalue weighted by Gasteiger charge is 2.16. The van der Waals surface area contributed by atoms with Gasteiger partial charge in [-0.2, -0.15) is 0 Å². The van der Waals surface area contributed by atoms with E-state index < -0.39 is 11.9 Å². The highest BCUT2D eigenvalue weighted by molar-refractivity contribution is 5.86. The molecule has 0 unspecified atom stereocenters. The molecule has 0 saturated heterocycles. The fraction of sp³-hybridized carbons (Fsp3) is 0.600. The van der Waals surface area contributed by atoms with Crippen LogP contribution in [0.15, 0.2) is 0 Å². The fourth-order valence-corrected chi connectivity index (χ4v) is 0.965. The number of primary amides is 1. The van der Waals surface area contributed by atoms with Gasteiger partial charge in [0.25, 0.3) is 0 Å². The summed E-state index contributed by atoms with van der Waals surface area (Å²) in [7, 11) is 0. The van der Waals surface area contributed by atoms with Gasteiger partial charge < -0.3 is 11.1 Å². The Morgan fingerprint density at radius 3 is 2.43 bits per heavy atom. The molecule has 0 aromatic carbocycles. The number of terminal acetylenes is 1. The van der Waals surface area contributed by atoms with Crippen LogP contribution in [0.5, 0.6) is 0 Å². The van der Waals surface area contributed by atoms with Crippen molar-refractivity contribution in [3.05, 3.63) is 0 Å². The van der Waals surface area contributed by atoms with Gasteiger partial charge in [-0.25, -0.2) is 0 Å². The Labute approximate surface area is 84.2 Å². The van der Waals surface area contributed by atoms with Crippen LogP contribution in [0, 0.1) is 18.3 Å². The number of rotatable bonds is 5. The first-order valence-electron chi connectivity index (χ1n) is 4.49. The van der Waals surface area contributed by atoms with E-state index >= 15 is 0 Å². The molecular formula is C10H16N2O2. The summed E-state index contributed by atoms with van der Waals surface area (Å²) in [4.78, 5) is 22.1. The van der Waals surface area contributed by atoms with Gasteiger partial charge in [-0.05, 0) is 5.92 Å². The molecule has 0 aliphatic rings. The summed E-state index contributed by atoms with van der Waals surface area (Å²) in [6, 6.07) is -0.744. The molecule has 0 spiro atoms. The van der Waals surface area contributed by atoms with Crippen molar-refractivity contribution in [3.63, 3.8) is 0 Å². The van der Waals surface area contributed by atoms with E-state index in [0.717, 1.165) is 0 Å². The molecule has 0 rings (SSSR count). The lowest BCUT2D eigenvalue weighted by atomic mass is 10.1. The van der Waals surface area contributed by atoms with E-state index in [1.807, 2.05) is 13.8 Å². The topological polar surface area (TPSA) is 72.2 Å². The molecule has 0 saturated carbocycles. The molecule has 4 nitrogen and oxygen atoms in total. The van der Waals surface area contributed by atoms with Crippen LogP contribution in [0.25, 0.3) is 0 Å². The minimum Gasteiger partial charge on any atom is -0.368 e. The van der Waals surface area contributed by atoms with E-state index in [2.05, 4.69) is 11.2 Å². The first kappa shape index (κ1) is 12.5. The van der Waals surface area contributed by atoms with Gasteiger partial charge in [0.1, 0.15) is 6.04 Å². The maximum atomic E-state index is 11.3. The van der Waals surface area contributed by atoms with Gasteiger partial charge in [0.15, 0.2) is 0 Å². The van der Waals surface area contributed by atoms with Crippen molar-refractivity contribution < 1.29 is 9.59 Å². The van der Waals surface area contributed by atoms with Gasteiger partial charge in [-0.1, -0.05) is 13.8 Å². The molecule has 0 bridgehead atoms. The Bertz CT molecular complexity index is 253. The van der Waals surface area contributed by atoms with Crippen LogP contribution in [-0.4, -0.2) is 17.9 Å². The number of hydrogen-bond acceptors (Lipinski definition) is 2. The Hall–Kier alpha value is -1.50. The van der Waals surface area contributed by atoms with Crippen LogP contribution in [0.2, 0.25) is 0 Å². The average Bonchev–Trinajstić information content (AvgIpc) is 2.01. The van der Waals surface area contributed by atoms with E-state index in [0.29, 0.717) is 6.42 Å². The SMILES string of the molecule is C#CC[C@H](NC(=O)CC(C)C)C(N)=O. The molecule has 0 aliphatic heterocycles. The van der Waals surface area contributed by atoms with Crippen LogP contribution in [-0.2, 0) is 9.59 Å². The lowest BCUT2D eigenvalue weighted by Crippen LogP contribution is -2.44. The molecule has 14 heavy (non-hydrogen) atoms. The Morgan fingerprint density at radius 1 is 1.50 bits per heavy atom. The predicted octanol–water partition coefficient (Wildman–Crippen LogP) is 0.0259. The second kappa shape index (κ2) is 6.03. The van der Waals surface area contributed by atoms with Gasteiger partial charge in [0, 0.05) is 12.8 Å². The molecule has 1 atom stereocenters. The average molecular weight is 196 g/mol. The first-order valence-corrected chi connectivity index (χ1v) is 4.49. The van der Waals surface area contributed by atoms with Gasteiger partial charge in [0.2, 0.25) is 11.8 Å². The summed E-state index contributed by atoms with van der Waals surface area (Å²) in [5, 5.41) is 2.49. The van der Waals surface area contributed by atoms with E-state index in [9.17, 15) is 9.59 Å². The quantitative estimate of drug-likeness (QED) is 0.609. The molecule has 0 aromatic rings. The molecular weight excluding hydrogens is 180 g/mol. The van der Waals surface area contributed by atoms with Crippen molar-refractivity contribution in [2.24, 2.45) is 11.7 Å². The predicted molar refractivity (Wildman–Crippen MR) is 54.0 cm³/mol. The molecule has 0 radical (unpaired) electrons. The third kappa shape index (κ3) is 5.20. The third-order valence-corrected chi connectivity index (χ3v) is 1.59. The highest BCUT2D eigenvalue weighted by atomic mass is 16.2. The normalized spacial score (nSPS) is 11.9. The van der Waals surface area contributed by atoms with Crippen LogP contribution in [0.4, 0.5) is 0 Å². The summed E-state index contributed by atoms with van der Waals surface area (Å²) in [6.07, 6.45) is 5.54. The Kier molecular flexibility index (Phi) is 5.38. The van der Waals surface area contributed by atoms with Crippen LogP contribution >= 0.6 is 0 Å². The van der Waals surface area contributed by atoms with Crippen LogP contribution in [0.1, 0.15) is 26.7 Å². The molecule has 2 amide bonds. The number of nitrogens with two attached hydrogens (primary N) is 1.